The molecule has 0 radical (unpaired) electrons. The van der Waals surface area contributed by atoms with Crippen LogP contribution in [0.5, 0.6) is 5.75 Å². The average molecular weight is 269 g/mol. The molecule has 108 valence electrons. The quantitative estimate of drug-likeness (QED) is 0.616. The second kappa shape index (κ2) is 9.75. The third-order valence-corrected chi connectivity index (χ3v) is 2.58. The Labute approximate surface area is 114 Å². The first-order chi connectivity index (χ1) is 9.26. The number of aliphatic hydroxyl groups is 1. The lowest BCUT2D eigenvalue weighted by atomic mass is 10.2. The van der Waals surface area contributed by atoms with Gasteiger partial charge in [-0.05, 0) is 17.7 Å². The lowest BCUT2D eigenvalue weighted by Gasteiger charge is -2.12. The van der Waals surface area contributed by atoms with Crippen LogP contribution in [0, 0.1) is 0 Å². The van der Waals surface area contributed by atoms with Crippen LogP contribution in [0.1, 0.15) is 5.56 Å². The van der Waals surface area contributed by atoms with Gasteiger partial charge in [-0.25, -0.2) is 0 Å². The van der Waals surface area contributed by atoms with Gasteiger partial charge in [0, 0.05) is 20.2 Å². The zero-order chi connectivity index (χ0) is 13.9. The molecule has 1 rings (SSSR count). The summed E-state index contributed by atoms with van der Waals surface area (Å²) in [5.41, 5.74) is 1.03. The molecular weight excluding hydrogens is 246 g/mol. The van der Waals surface area contributed by atoms with E-state index in [2.05, 4.69) is 5.32 Å². The van der Waals surface area contributed by atoms with E-state index in [4.69, 9.17) is 14.2 Å². The van der Waals surface area contributed by atoms with Crippen LogP contribution >= 0.6 is 0 Å². The highest BCUT2D eigenvalue weighted by atomic mass is 16.5. The molecule has 1 aromatic carbocycles. The fraction of sp³-hybridized carbons (Fsp3) is 0.571. The molecule has 5 nitrogen and oxygen atoms in total. The van der Waals surface area contributed by atoms with Gasteiger partial charge in [0.15, 0.2) is 0 Å². The Bertz CT molecular complexity index is 346. The summed E-state index contributed by atoms with van der Waals surface area (Å²) in [6, 6.07) is 7.69. The molecule has 19 heavy (non-hydrogen) atoms. The summed E-state index contributed by atoms with van der Waals surface area (Å²) >= 11 is 0. The lowest BCUT2D eigenvalue weighted by molar-refractivity contribution is 0.0282. The Morgan fingerprint density at radius 2 is 2.16 bits per heavy atom. The zero-order valence-corrected chi connectivity index (χ0v) is 11.6. The molecule has 0 aliphatic heterocycles. The molecule has 0 fully saturated rings. The van der Waals surface area contributed by atoms with Crippen molar-refractivity contribution in [3.63, 3.8) is 0 Å². The molecule has 0 spiro atoms. The van der Waals surface area contributed by atoms with Crippen molar-refractivity contribution in [2.24, 2.45) is 0 Å². The molecule has 0 saturated carbocycles. The molecule has 0 aromatic heterocycles. The summed E-state index contributed by atoms with van der Waals surface area (Å²) in [5, 5.41) is 12.8. The Morgan fingerprint density at radius 1 is 1.32 bits per heavy atom. The van der Waals surface area contributed by atoms with E-state index in [9.17, 15) is 5.11 Å². The second-order valence-electron chi connectivity index (χ2n) is 4.22. The summed E-state index contributed by atoms with van der Waals surface area (Å²) in [4.78, 5) is 0. The Hall–Kier alpha value is -1.14. The number of ether oxygens (including phenoxy) is 3. The molecular formula is C14H23NO4. The molecule has 0 amide bonds. The predicted molar refractivity (Wildman–Crippen MR) is 73.4 cm³/mol. The van der Waals surface area contributed by atoms with E-state index in [1.54, 1.807) is 14.2 Å². The van der Waals surface area contributed by atoms with Crippen molar-refractivity contribution < 1.29 is 19.3 Å². The van der Waals surface area contributed by atoms with Gasteiger partial charge in [0.25, 0.3) is 0 Å². The van der Waals surface area contributed by atoms with E-state index in [1.165, 1.54) is 0 Å². The van der Waals surface area contributed by atoms with Crippen molar-refractivity contribution in [2.45, 2.75) is 12.7 Å². The molecule has 5 heteroatoms. The summed E-state index contributed by atoms with van der Waals surface area (Å²) in [5.74, 6) is 0.808. The summed E-state index contributed by atoms with van der Waals surface area (Å²) in [6.07, 6.45) is -0.512. The van der Waals surface area contributed by atoms with Gasteiger partial charge >= 0.3 is 0 Å². The van der Waals surface area contributed by atoms with Gasteiger partial charge < -0.3 is 24.6 Å². The first kappa shape index (κ1) is 15.9. The lowest BCUT2D eigenvalue weighted by Crippen LogP contribution is -2.32. The number of benzene rings is 1. The molecule has 0 heterocycles. The van der Waals surface area contributed by atoms with Crippen molar-refractivity contribution >= 4 is 0 Å². The smallest absolute Gasteiger partial charge is 0.119 e. The SMILES string of the molecule is COCCNCC(O)COCc1cccc(OC)c1. The molecule has 0 bridgehead atoms. The summed E-state index contributed by atoms with van der Waals surface area (Å²) in [6.45, 7) is 2.63. The normalized spacial score (nSPS) is 12.4. The van der Waals surface area contributed by atoms with Crippen LogP contribution < -0.4 is 10.1 Å². The van der Waals surface area contributed by atoms with Crippen LogP contribution in [0.25, 0.3) is 0 Å². The van der Waals surface area contributed by atoms with E-state index in [-0.39, 0.29) is 0 Å². The van der Waals surface area contributed by atoms with E-state index < -0.39 is 6.10 Å². The number of hydrogen-bond acceptors (Lipinski definition) is 5. The molecule has 0 aliphatic carbocycles. The number of nitrogens with one attached hydrogen (secondary N) is 1. The third-order valence-electron chi connectivity index (χ3n) is 2.58. The highest BCUT2D eigenvalue weighted by molar-refractivity contribution is 5.27. The molecule has 0 saturated heterocycles. The minimum atomic E-state index is -0.512. The Balaban J connectivity index is 2.15. The van der Waals surface area contributed by atoms with Gasteiger partial charge in [-0.3, -0.25) is 0 Å². The number of aliphatic hydroxyl groups excluding tert-OH is 1. The van der Waals surface area contributed by atoms with Crippen molar-refractivity contribution in [3.8, 4) is 5.75 Å². The van der Waals surface area contributed by atoms with Gasteiger partial charge in [-0.2, -0.15) is 0 Å². The van der Waals surface area contributed by atoms with Gasteiger partial charge in [0.05, 0.1) is 33.0 Å². The average Bonchev–Trinajstić information content (AvgIpc) is 2.44. The van der Waals surface area contributed by atoms with Crippen LogP contribution in [0.2, 0.25) is 0 Å². The highest BCUT2D eigenvalue weighted by Crippen LogP contribution is 2.13. The minimum absolute atomic E-state index is 0.303. The first-order valence-corrected chi connectivity index (χ1v) is 6.34. The molecule has 1 atom stereocenters. The van der Waals surface area contributed by atoms with Crippen molar-refractivity contribution in [1.29, 1.82) is 0 Å². The summed E-state index contributed by atoms with van der Waals surface area (Å²) < 4.78 is 15.5. The van der Waals surface area contributed by atoms with Gasteiger partial charge in [-0.1, -0.05) is 12.1 Å². The second-order valence-corrected chi connectivity index (χ2v) is 4.22. The predicted octanol–water partition coefficient (Wildman–Crippen LogP) is 0.809. The maximum atomic E-state index is 9.67. The molecule has 1 aromatic rings. The standard InChI is InChI=1S/C14H23NO4/c1-17-7-6-15-9-13(16)11-19-10-12-4-3-5-14(8-12)18-2/h3-5,8,13,15-16H,6-7,9-11H2,1-2H3. The van der Waals surface area contributed by atoms with E-state index in [0.29, 0.717) is 26.4 Å². The third kappa shape index (κ3) is 7.12. The minimum Gasteiger partial charge on any atom is -0.497 e. The van der Waals surface area contributed by atoms with Crippen LogP contribution in [0.4, 0.5) is 0 Å². The van der Waals surface area contributed by atoms with Crippen LogP contribution in [-0.4, -0.2) is 51.7 Å². The van der Waals surface area contributed by atoms with E-state index in [1.807, 2.05) is 24.3 Å². The number of methoxy groups -OCH3 is 2. The van der Waals surface area contributed by atoms with Crippen molar-refractivity contribution in [1.82, 2.24) is 5.32 Å². The Kier molecular flexibility index (Phi) is 8.16. The van der Waals surface area contributed by atoms with Crippen LogP contribution in [-0.2, 0) is 16.1 Å². The molecule has 0 aliphatic rings. The number of rotatable bonds is 10. The summed E-state index contributed by atoms with van der Waals surface area (Å²) in [7, 11) is 3.28. The monoisotopic (exact) mass is 269 g/mol. The van der Waals surface area contributed by atoms with Crippen LogP contribution in [0.15, 0.2) is 24.3 Å². The zero-order valence-electron chi connectivity index (χ0n) is 11.6. The van der Waals surface area contributed by atoms with Gasteiger partial charge in [-0.15, -0.1) is 0 Å². The Morgan fingerprint density at radius 3 is 2.89 bits per heavy atom. The first-order valence-electron chi connectivity index (χ1n) is 6.34. The molecule has 2 N–H and O–H groups in total. The van der Waals surface area contributed by atoms with Gasteiger partial charge in [0.2, 0.25) is 0 Å². The largest absolute Gasteiger partial charge is 0.497 e. The van der Waals surface area contributed by atoms with E-state index >= 15 is 0 Å². The number of hydrogen-bond donors (Lipinski definition) is 2. The maximum absolute atomic E-state index is 9.67. The van der Waals surface area contributed by atoms with Crippen molar-refractivity contribution in [2.75, 3.05) is 40.5 Å². The fourth-order valence-electron chi connectivity index (χ4n) is 1.58. The molecule has 1 unspecified atom stereocenters. The highest BCUT2D eigenvalue weighted by Gasteiger charge is 2.04. The van der Waals surface area contributed by atoms with Crippen molar-refractivity contribution in [3.05, 3.63) is 29.8 Å². The van der Waals surface area contributed by atoms with Gasteiger partial charge in [0.1, 0.15) is 5.75 Å². The van der Waals surface area contributed by atoms with E-state index in [0.717, 1.165) is 17.9 Å². The topological polar surface area (TPSA) is 60.0 Å². The maximum Gasteiger partial charge on any atom is 0.119 e. The fourth-order valence-corrected chi connectivity index (χ4v) is 1.58. The van der Waals surface area contributed by atoms with Crippen LogP contribution in [0.3, 0.4) is 0 Å².